The monoisotopic (exact) mass is 478 g/mol. The van der Waals surface area contributed by atoms with Crippen LogP contribution in [0.2, 0.25) is 5.02 Å². The molecule has 4 rings (SSSR count). The maximum atomic E-state index is 12.9. The Bertz CT molecular complexity index is 1230. The minimum atomic E-state index is -0.237. The molecule has 9 heteroatoms. The molecule has 2 aromatic heterocycles. The number of H-pyrrole nitrogens is 1. The molecule has 176 valence electrons. The molecule has 3 heterocycles. The largest absolute Gasteiger partial charge is 0.436 e. The van der Waals surface area contributed by atoms with Gasteiger partial charge in [0.05, 0.1) is 11.8 Å². The van der Waals surface area contributed by atoms with Gasteiger partial charge in [0.2, 0.25) is 5.88 Å². The number of ether oxygens (including phenoxy) is 1. The van der Waals surface area contributed by atoms with Gasteiger partial charge in [0.15, 0.2) is 0 Å². The standard InChI is InChI=1S/C25H27ClN6O2/c1-24(2)9-17(10-25(3,4)32-24)31-22(33)15-8-20(26)23(28-12-15)34-21-7-5-6-18(19(21)11-27)16-13-29-30-14-16/h5-8,12-14,17,32H,9-10H2,1-4H3,(H,29,30)(H,31,33). The van der Waals surface area contributed by atoms with E-state index in [-0.39, 0.29) is 33.9 Å². The van der Waals surface area contributed by atoms with Gasteiger partial charge >= 0.3 is 0 Å². The van der Waals surface area contributed by atoms with Crippen molar-refractivity contribution in [2.45, 2.75) is 57.7 Å². The van der Waals surface area contributed by atoms with Crippen molar-refractivity contribution >= 4 is 17.5 Å². The lowest BCUT2D eigenvalue weighted by Crippen LogP contribution is -2.62. The Morgan fingerprint density at radius 2 is 1.97 bits per heavy atom. The molecule has 0 atom stereocenters. The molecule has 0 saturated carbocycles. The van der Waals surface area contributed by atoms with Crippen molar-refractivity contribution < 1.29 is 9.53 Å². The summed E-state index contributed by atoms with van der Waals surface area (Å²) < 4.78 is 5.87. The molecule has 0 aliphatic carbocycles. The predicted molar refractivity (Wildman–Crippen MR) is 130 cm³/mol. The molecule has 1 aliphatic rings. The molecular weight excluding hydrogens is 452 g/mol. The molecule has 34 heavy (non-hydrogen) atoms. The van der Waals surface area contributed by atoms with Gasteiger partial charge in [-0.2, -0.15) is 10.4 Å². The number of rotatable bonds is 5. The summed E-state index contributed by atoms with van der Waals surface area (Å²) in [4.78, 5) is 17.2. The van der Waals surface area contributed by atoms with Crippen LogP contribution in [0.15, 0.2) is 42.9 Å². The fraction of sp³-hybridized carbons (Fsp3) is 0.360. The second-order valence-corrected chi connectivity index (χ2v) is 10.3. The maximum absolute atomic E-state index is 12.9. The average molecular weight is 479 g/mol. The third kappa shape index (κ3) is 5.22. The van der Waals surface area contributed by atoms with Crippen LogP contribution < -0.4 is 15.4 Å². The van der Waals surface area contributed by atoms with E-state index in [1.807, 2.05) is 6.07 Å². The van der Waals surface area contributed by atoms with E-state index in [2.05, 4.69) is 59.6 Å². The van der Waals surface area contributed by atoms with Crippen LogP contribution in [0.3, 0.4) is 0 Å². The van der Waals surface area contributed by atoms with Crippen LogP contribution >= 0.6 is 11.6 Å². The third-order valence-electron chi connectivity index (χ3n) is 5.75. The van der Waals surface area contributed by atoms with Crippen LogP contribution in [-0.2, 0) is 0 Å². The lowest BCUT2D eigenvalue weighted by atomic mass is 9.79. The molecule has 0 radical (unpaired) electrons. The third-order valence-corrected chi connectivity index (χ3v) is 6.02. The first-order valence-corrected chi connectivity index (χ1v) is 11.4. The van der Waals surface area contributed by atoms with Crippen molar-refractivity contribution in [2.24, 2.45) is 0 Å². The SMILES string of the molecule is CC1(C)CC(NC(=O)c2cnc(Oc3cccc(-c4cn[nH]c4)c3C#N)c(Cl)c2)CC(C)(C)N1. The van der Waals surface area contributed by atoms with Gasteiger partial charge < -0.3 is 15.4 Å². The van der Waals surface area contributed by atoms with Gasteiger partial charge in [0, 0.05) is 40.6 Å². The number of nitrogens with one attached hydrogen (secondary N) is 3. The molecule has 0 spiro atoms. The van der Waals surface area contributed by atoms with Crippen LogP contribution in [0.25, 0.3) is 11.1 Å². The highest BCUT2D eigenvalue weighted by atomic mass is 35.5. The maximum Gasteiger partial charge on any atom is 0.253 e. The van der Waals surface area contributed by atoms with Gasteiger partial charge in [0.1, 0.15) is 22.4 Å². The van der Waals surface area contributed by atoms with Crippen LogP contribution in [0.1, 0.15) is 56.5 Å². The normalized spacial score (nSPS) is 17.1. The number of benzene rings is 1. The number of carbonyl (C=O) groups is 1. The second kappa shape index (κ2) is 9.09. The molecule has 1 aliphatic heterocycles. The van der Waals surface area contributed by atoms with E-state index >= 15 is 0 Å². The fourth-order valence-electron chi connectivity index (χ4n) is 4.79. The predicted octanol–water partition coefficient (Wildman–Crippen LogP) is 4.83. The van der Waals surface area contributed by atoms with Crippen LogP contribution in [0.5, 0.6) is 11.6 Å². The summed E-state index contributed by atoms with van der Waals surface area (Å²) in [5.74, 6) is 0.189. The van der Waals surface area contributed by atoms with Crippen molar-refractivity contribution in [1.82, 2.24) is 25.8 Å². The van der Waals surface area contributed by atoms with E-state index in [0.717, 1.165) is 18.4 Å². The van der Waals surface area contributed by atoms with E-state index in [4.69, 9.17) is 16.3 Å². The summed E-state index contributed by atoms with van der Waals surface area (Å²) in [6.07, 6.45) is 6.38. The zero-order chi connectivity index (χ0) is 24.5. The van der Waals surface area contributed by atoms with Crippen molar-refractivity contribution in [2.75, 3.05) is 0 Å². The molecule has 3 aromatic rings. The number of aromatic nitrogens is 3. The number of piperidine rings is 1. The molecule has 1 saturated heterocycles. The Kier molecular flexibility index (Phi) is 6.34. The Morgan fingerprint density at radius 3 is 2.59 bits per heavy atom. The quantitative estimate of drug-likeness (QED) is 0.483. The van der Waals surface area contributed by atoms with Gasteiger partial charge in [-0.15, -0.1) is 0 Å². The number of nitriles is 1. The van der Waals surface area contributed by atoms with E-state index < -0.39 is 0 Å². The Morgan fingerprint density at radius 1 is 1.24 bits per heavy atom. The Hall–Kier alpha value is -3.41. The van der Waals surface area contributed by atoms with Gasteiger partial charge in [-0.3, -0.25) is 9.89 Å². The second-order valence-electron chi connectivity index (χ2n) is 9.86. The number of aromatic amines is 1. The topological polar surface area (TPSA) is 116 Å². The number of halogens is 1. The highest BCUT2D eigenvalue weighted by Gasteiger charge is 2.38. The molecule has 8 nitrogen and oxygen atoms in total. The lowest BCUT2D eigenvalue weighted by Gasteiger charge is -2.46. The van der Waals surface area contributed by atoms with E-state index in [1.165, 1.54) is 12.3 Å². The number of hydrogen-bond acceptors (Lipinski definition) is 6. The van der Waals surface area contributed by atoms with E-state index in [9.17, 15) is 10.1 Å². The minimum Gasteiger partial charge on any atom is -0.436 e. The first kappa shape index (κ1) is 23.7. The van der Waals surface area contributed by atoms with Crippen molar-refractivity contribution in [1.29, 1.82) is 5.26 Å². The molecule has 0 unspecified atom stereocenters. The van der Waals surface area contributed by atoms with Crippen LogP contribution in [0, 0.1) is 11.3 Å². The smallest absolute Gasteiger partial charge is 0.253 e. The van der Waals surface area contributed by atoms with Gasteiger partial charge in [-0.1, -0.05) is 23.7 Å². The van der Waals surface area contributed by atoms with Crippen molar-refractivity contribution in [3.05, 3.63) is 59.0 Å². The summed E-state index contributed by atoms with van der Waals surface area (Å²) >= 11 is 6.42. The zero-order valence-corrected chi connectivity index (χ0v) is 20.3. The van der Waals surface area contributed by atoms with Crippen molar-refractivity contribution in [3.63, 3.8) is 0 Å². The number of hydrogen-bond donors (Lipinski definition) is 3. The van der Waals surface area contributed by atoms with Crippen LogP contribution in [-0.4, -0.2) is 38.2 Å². The Balaban J connectivity index is 1.52. The van der Waals surface area contributed by atoms with E-state index in [0.29, 0.717) is 22.4 Å². The lowest BCUT2D eigenvalue weighted by molar-refractivity contribution is 0.0873. The number of carbonyl (C=O) groups excluding carboxylic acids is 1. The summed E-state index contributed by atoms with van der Waals surface area (Å²) in [5.41, 5.74) is 1.94. The van der Waals surface area contributed by atoms with E-state index in [1.54, 1.807) is 24.5 Å². The molecule has 0 bridgehead atoms. The number of pyridine rings is 1. The summed E-state index contributed by atoms with van der Waals surface area (Å²) in [6, 6.07) is 8.98. The number of nitrogens with zero attached hydrogens (tertiary/aromatic N) is 3. The first-order chi connectivity index (χ1) is 16.1. The van der Waals surface area contributed by atoms with Crippen LogP contribution in [0.4, 0.5) is 0 Å². The molecule has 3 N–H and O–H groups in total. The number of amides is 1. The van der Waals surface area contributed by atoms with Gasteiger partial charge in [0.25, 0.3) is 5.91 Å². The summed E-state index contributed by atoms with van der Waals surface area (Å²) in [7, 11) is 0. The fourth-order valence-corrected chi connectivity index (χ4v) is 5.00. The van der Waals surface area contributed by atoms with Gasteiger partial charge in [-0.05, 0) is 52.7 Å². The summed E-state index contributed by atoms with van der Waals surface area (Å²) in [6.45, 7) is 8.53. The zero-order valence-electron chi connectivity index (χ0n) is 19.6. The highest BCUT2D eigenvalue weighted by Crippen LogP contribution is 2.35. The van der Waals surface area contributed by atoms with Gasteiger partial charge in [-0.25, -0.2) is 4.98 Å². The molecule has 1 amide bonds. The summed E-state index contributed by atoms with van der Waals surface area (Å²) in [5, 5.41) is 23.3. The molecule has 1 aromatic carbocycles. The van der Waals surface area contributed by atoms with Crippen molar-refractivity contribution in [3.8, 4) is 28.8 Å². The molecule has 1 fully saturated rings. The highest BCUT2D eigenvalue weighted by molar-refractivity contribution is 6.32. The molecular formula is C25H27ClN6O2. The average Bonchev–Trinajstić information content (AvgIpc) is 3.27. The Labute approximate surface area is 203 Å². The minimum absolute atomic E-state index is 0.0253. The first-order valence-electron chi connectivity index (χ1n) is 11.0.